The van der Waals surface area contributed by atoms with Gasteiger partial charge in [0.25, 0.3) is 5.91 Å². The second-order valence-electron chi connectivity index (χ2n) is 8.96. The zero-order chi connectivity index (χ0) is 25.2. The van der Waals surface area contributed by atoms with Crippen LogP contribution < -0.4 is 5.32 Å². The number of thioether (sulfide) groups is 1. The van der Waals surface area contributed by atoms with Crippen LogP contribution in [-0.4, -0.2) is 33.0 Å². The molecule has 0 spiro atoms. The van der Waals surface area contributed by atoms with Gasteiger partial charge in [0.15, 0.2) is 5.17 Å². The molecule has 2 aliphatic rings. The summed E-state index contributed by atoms with van der Waals surface area (Å²) in [5.74, 6) is -0.991. The number of hydrogen-bond acceptors (Lipinski definition) is 5. The van der Waals surface area contributed by atoms with E-state index in [0.29, 0.717) is 22.8 Å². The number of anilines is 1. The Morgan fingerprint density at radius 3 is 2.39 bits per heavy atom. The van der Waals surface area contributed by atoms with Gasteiger partial charge in [-0.1, -0.05) is 77.5 Å². The van der Waals surface area contributed by atoms with Crippen LogP contribution in [0.25, 0.3) is 0 Å². The molecule has 5 rings (SSSR count). The average Bonchev–Trinajstić information content (AvgIpc) is 3.45. The number of amides is 2. The zero-order valence-corrected chi connectivity index (χ0v) is 20.8. The fraction of sp³-hybridized carbons (Fsp3) is 0.214. The predicted molar refractivity (Wildman–Crippen MR) is 142 cm³/mol. The summed E-state index contributed by atoms with van der Waals surface area (Å²) in [6.45, 7) is 3.98. The maximum atomic E-state index is 14.8. The lowest BCUT2D eigenvalue weighted by Crippen LogP contribution is -2.25. The van der Waals surface area contributed by atoms with Gasteiger partial charge < -0.3 is 5.32 Å². The molecule has 0 radical (unpaired) electrons. The van der Waals surface area contributed by atoms with E-state index in [1.54, 1.807) is 23.2 Å². The van der Waals surface area contributed by atoms with Crippen molar-refractivity contribution in [3.63, 3.8) is 0 Å². The van der Waals surface area contributed by atoms with Gasteiger partial charge >= 0.3 is 0 Å². The minimum Gasteiger partial charge on any atom is -0.326 e. The van der Waals surface area contributed by atoms with Crippen LogP contribution >= 0.6 is 11.8 Å². The van der Waals surface area contributed by atoms with E-state index in [2.05, 4.69) is 10.3 Å². The molecule has 182 valence electrons. The number of halogens is 1. The van der Waals surface area contributed by atoms with Gasteiger partial charge in [0.2, 0.25) is 5.91 Å². The van der Waals surface area contributed by atoms with Crippen molar-refractivity contribution >= 4 is 40.1 Å². The van der Waals surface area contributed by atoms with Crippen LogP contribution in [0.5, 0.6) is 0 Å². The Hall–Kier alpha value is -3.78. The summed E-state index contributed by atoms with van der Waals surface area (Å²) in [5, 5.41) is 8.95. The number of amidine groups is 1. The smallest absolute Gasteiger partial charge is 0.262 e. The Morgan fingerprint density at radius 2 is 1.69 bits per heavy atom. The quantitative estimate of drug-likeness (QED) is 0.493. The molecule has 0 fully saturated rings. The Balaban J connectivity index is 1.36. The van der Waals surface area contributed by atoms with Crippen LogP contribution in [0.15, 0.2) is 82.9 Å². The lowest BCUT2D eigenvalue weighted by atomic mass is 9.98. The van der Waals surface area contributed by atoms with Gasteiger partial charge in [0, 0.05) is 24.1 Å². The largest absolute Gasteiger partial charge is 0.326 e. The number of nitrogens with zero attached hydrogens (tertiary/aromatic N) is 3. The van der Waals surface area contributed by atoms with E-state index in [9.17, 15) is 14.0 Å². The van der Waals surface area contributed by atoms with Crippen molar-refractivity contribution in [3.05, 3.63) is 101 Å². The molecular formula is C28H25FN4O2S. The van der Waals surface area contributed by atoms with Gasteiger partial charge in [-0.2, -0.15) is 10.1 Å². The van der Waals surface area contributed by atoms with Crippen LogP contribution in [0.1, 0.15) is 41.1 Å². The van der Waals surface area contributed by atoms with Crippen LogP contribution in [-0.2, 0) is 9.59 Å². The van der Waals surface area contributed by atoms with Crippen molar-refractivity contribution in [1.29, 1.82) is 0 Å². The SMILES string of the molecule is Cc1ccc(NC(=O)C[C@H]2SC(N3N=C(c4ccc(C)cc4)C[C@H]3c3ccccc3F)=NC2=O)cc1. The molecule has 0 saturated heterocycles. The molecule has 36 heavy (non-hydrogen) atoms. The molecule has 0 aliphatic carbocycles. The average molecular weight is 501 g/mol. The summed E-state index contributed by atoms with van der Waals surface area (Å²) in [4.78, 5) is 29.6. The first-order valence-electron chi connectivity index (χ1n) is 11.7. The van der Waals surface area contributed by atoms with Crippen molar-refractivity contribution < 1.29 is 14.0 Å². The van der Waals surface area contributed by atoms with E-state index in [4.69, 9.17) is 5.10 Å². The summed E-state index contributed by atoms with van der Waals surface area (Å²) in [5.41, 5.74) is 5.11. The first-order valence-corrected chi connectivity index (χ1v) is 12.6. The molecule has 1 N–H and O–H groups in total. The predicted octanol–water partition coefficient (Wildman–Crippen LogP) is 5.62. The molecule has 3 aromatic rings. The number of nitrogens with one attached hydrogen (secondary N) is 1. The van der Waals surface area contributed by atoms with Crippen molar-refractivity contribution in [1.82, 2.24) is 5.01 Å². The van der Waals surface area contributed by atoms with E-state index in [1.807, 2.05) is 62.4 Å². The molecule has 2 atom stereocenters. The number of hydrazone groups is 1. The molecule has 3 aromatic carbocycles. The summed E-state index contributed by atoms with van der Waals surface area (Å²) in [7, 11) is 0. The number of benzene rings is 3. The monoisotopic (exact) mass is 500 g/mol. The van der Waals surface area contributed by atoms with E-state index in [0.717, 1.165) is 22.4 Å². The second-order valence-corrected chi connectivity index (χ2v) is 10.1. The standard InChI is InChI=1S/C28H25FN4O2S/c1-17-7-11-19(12-8-17)23-15-24(21-5-3-4-6-22(21)29)33(32-23)28-31-27(35)25(36-28)16-26(34)30-20-13-9-18(2)10-14-20/h3-14,24-25H,15-16H2,1-2H3,(H,30,34)/t24-,25+/m0/s1. The molecule has 0 unspecified atom stereocenters. The Bertz CT molecular complexity index is 1370. The van der Waals surface area contributed by atoms with Crippen LogP contribution in [0, 0.1) is 19.7 Å². The van der Waals surface area contributed by atoms with E-state index in [-0.39, 0.29) is 24.1 Å². The summed E-state index contributed by atoms with van der Waals surface area (Å²) in [6.07, 6.45) is 0.452. The molecule has 0 aromatic heterocycles. The van der Waals surface area contributed by atoms with Gasteiger partial charge in [-0.3, -0.25) is 9.59 Å². The molecule has 8 heteroatoms. The van der Waals surface area contributed by atoms with E-state index in [1.165, 1.54) is 17.8 Å². The number of aliphatic imine (C=N–C) groups is 1. The van der Waals surface area contributed by atoms with Crippen molar-refractivity contribution in [2.75, 3.05) is 5.32 Å². The number of aryl methyl sites for hydroxylation is 2. The van der Waals surface area contributed by atoms with Crippen molar-refractivity contribution in [2.45, 2.75) is 38.0 Å². The number of hydrogen-bond donors (Lipinski definition) is 1. The van der Waals surface area contributed by atoms with E-state index < -0.39 is 11.3 Å². The first-order chi connectivity index (χ1) is 17.4. The lowest BCUT2D eigenvalue weighted by molar-refractivity contribution is -0.121. The number of carbonyl (C=O) groups excluding carboxylic acids is 2. The van der Waals surface area contributed by atoms with Gasteiger partial charge in [-0.25, -0.2) is 9.40 Å². The minimum atomic E-state index is -0.662. The van der Waals surface area contributed by atoms with Crippen molar-refractivity contribution in [2.24, 2.45) is 10.1 Å². The molecule has 0 bridgehead atoms. The molecule has 2 aliphatic heterocycles. The fourth-order valence-electron chi connectivity index (χ4n) is 4.22. The third-order valence-corrected chi connectivity index (χ3v) is 7.33. The van der Waals surface area contributed by atoms with Gasteiger partial charge in [0.1, 0.15) is 11.1 Å². The topological polar surface area (TPSA) is 74.1 Å². The highest BCUT2D eigenvalue weighted by Gasteiger charge is 2.39. The first kappa shape index (κ1) is 23.9. The normalized spacial score (nSPS) is 19.3. The summed E-state index contributed by atoms with van der Waals surface area (Å²) < 4.78 is 14.8. The molecular weight excluding hydrogens is 475 g/mol. The Morgan fingerprint density at radius 1 is 1.03 bits per heavy atom. The molecule has 2 amide bonds. The third-order valence-electron chi connectivity index (χ3n) is 6.19. The fourth-order valence-corrected chi connectivity index (χ4v) is 5.28. The second kappa shape index (κ2) is 10.1. The van der Waals surface area contributed by atoms with E-state index >= 15 is 0 Å². The zero-order valence-electron chi connectivity index (χ0n) is 19.9. The molecule has 0 saturated carbocycles. The Kier molecular flexibility index (Phi) is 6.69. The summed E-state index contributed by atoms with van der Waals surface area (Å²) >= 11 is 1.20. The third kappa shape index (κ3) is 5.09. The van der Waals surface area contributed by atoms with Gasteiger partial charge in [-0.15, -0.1) is 0 Å². The van der Waals surface area contributed by atoms with Crippen molar-refractivity contribution in [3.8, 4) is 0 Å². The molecule has 2 heterocycles. The summed E-state index contributed by atoms with van der Waals surface area (Å²) in [6, 6.07) is 21.6. The molecule has 6 nitrogen and oxygen atoms in total. The number of carbonyl (C=O) groups is 2. The minimum absolute atomic E-state index is 0.0168. The van der Waals surface area contributed by atoms with Gasteiger partial charge in [0.05, 0.1) is 11.8 Å². The maximum Gasteiger partial charge on any atom is 0.262 e. The highest BCUT2D eigenvalue weighted by Crippen LogP contribution is 2.39. The highest BCUT2D eigenvalue weighted by molar-refractivity contribution is 8.15. The van der Waals surface area contributed by atoms with Gasteiger partial charge in [-0.05, 0) is 37.6 Å². The van der Waals surface area contributed by atoms with Crippen LogP contribution in [0.3, 0.4) is 0 Å². The maximum absolute atomic E-state index is 14.8. The van der Waals surface area contributed by atoms with Crippen LogP contribution in [0.2, 0.25) is 0 Å². The van der Waals surface area contributed by atoms with Crippen LogP contribution in [0.4, 0.5) is 10.1 Å². The lowest BCUT2D eigenvalue weighted by Gasteiger charge is -2.23. The highest BCUT2D eigenvalue weighted by atomic mass is 32.2. The Labute approximate surface area is 213 Å². The number of rotatable bonds is 5.